The van der Waals surface area contributed by atoms with Crippen LogP contribution < -0.4 is 10.5 Å². The summed E-state index contributed by atoms with van der Waals surface area (Å²) in [7, 11) is 0. The van der Waals surface area contributed by atoms with E-state index in [-0.39, 0.29) is 0 Å². The van der Waals surface area contributed by atoms with E-state index in [0.29, 0.717) is 0 Å². The average Bonchev–Trinajstić information content (AvgIpc) is 2.46. The highest BCUT2D eigenvalue weighted by atomic mass is 32.2. The van der Waals surface area contributed by atoms with Gasteiger partial charge in [0.1, 0.15) is 5.75 Å². The van der Waals surface area contributed by atoms with Gasteiger partial charge < -0.3 is 10.5 Å². The smallest absolute Gasteiger partial charge is 0.133 e. The van der Waals surface area contributed by atoms with Gasteiger partial charge in [-0.05, 0) is 43.7 Å². The quantitative estimate of drug-likeness (QED) is 0.776. The van der Waals surface area contributed by atoms with E-state index in [4.69, 9.17) is 10.5 Å². The van der Waals surface area contributed by atoms with Crippen LogP contribution in [0.3, 0.4) is 0 Å². The van der Waals surface area contributed by atoms with E-state index < -0.39 is 0 Å². The van der Waals surface area contributed by atoms with Crippen molar-refractivity contribution in [2.75, 3.05) is 13.2 Å². The zero-order chi connectivity index (χ0) is 13.3. The van der Waals surface area contributed by atoms with Crippen molar-refractivity contribution in [2.45, 2.75) is 22.6 Å². The summed E-state index contributed by atoms with van der Waals surface area (Å²) in [4.78, 5) is 2.38. The third-order valence-corrected chi connectivity index (χ3v) is 3.74. The maximum atomic E-state index is 5.84. The van der Waals surface area contributed by atoms with Crippen molar-refractivity contribution in [3.05, 3.63) is 54.6 Å². The van der Waals surface area contributed by atoms with Gasteiger partial charge in [0, 0.05) is 4.90 Å². The molecule has 2 aromatic rings. The van der Waals surface area contributed by atoms with Crippen molar-refractivity contribution in [1.29, 1.82) is 0 Å². The molecular formula is C16H19NOS. The molecule has 0 radical (unpaired) electrons. The van der Waals surface area contributed by atoms with Crippen LogP contribution in [0.2, 0.25) is 0 Å². The van der Waals surface area contributed by atoms with Crippen LogP contribution in [0, 0.1) is 0 Å². The second kappa shape index (κ2) is 7.87. The molecule has 2 N–H and O–H groups in total. The molecule has 0 bridgehead atoms. The van der Waals surface area contributed by atoms with Crippen LogP contribution in [-0.2, 0) is 0 Å². The predicted molar refractivity (Wildman–Crippen MR) is 80.8 cm³/mol. The third-order valence-electron chi connectivity index (χ3n) is 2.68. The molecule has 0 aliphatic rings. The highest BCUT2D eigenvalue weighted by Gasteiger charge is 2.04. The van der Waals surface area contributed by atoms with Crippen LogP contribution in [-0.4, -0.2) is 13.2 Å². The van der Waals surface area contributed by atoms with E-state index in [0.717, 1.165) is 36.6 Å². The molecule has 0 heterocycles. The van der Waals surface area contributed by atoms with Gasteiger partial charge in [-0.15, -0.1) is 0 Å². The Balaban J connectivity index is 2.00. The summed E-state index contributed by atoms with van der Waals surface area (Å²) < 4.78 is 5.84. The lowest BCUT2D eigenvalue weighted by molar-refractivity contribution is 0.301. The first-order chi connectivity index (χ1) is 9.40. The van der Waals surface area contributed by atoms with Crippen LogP contribution in [0.25, 0.3) is 0 Å². The minimum absolute atomic E-state index is 0.726. The molecule has 0 aliphatic carbocycles. The Hall–Kier alpha value is -1.45. The molecule has 0 aliphatic heterocycles. The lowest BCUT2D eigenvalue weighted by Crippen LogP contribution is -2.03. The molecule has 0 unspecified atom stereocenters. The summed E-state index contributed by atoms with van der Waals surface area (Å²) in [6.45, 7) is 1.45. The molecular weight excluding hydrogens is 254 g/mol. The summed E-state index contributed by atoms with van der Waals surface area (Å²) in [5.41, 5.74) is 5.48. The van der Waals surface area contributed by atoms with Crippen molar-refractivity contribution in [3.63, 3.8) is 0 Å². The Morgan fingerprint density at radius 3 is 2.42 bits per heavy atom. The summed E-state index contributed by atoms with van der Waals surface area (Å²) in [6, 6.07) is 18.5. The van der Waals surface area contributed by atoms with Gasteiger partial charge in [-0.1, -0.05) is 42.1 Å². The number of rotatable bonds is 7. The van der Waals surface area contributed by atoms with E-state index in [1.165, 1.54) is 4.90 Å². The number of benzene rings is 2. The monoisotopic (exact) mass is 273 g/mol. The van der Waals surface area contributed by atoms with E-state index >= 15 is 0 Å². The van der Waals surface area contributed by atoms with Gasteiger partial charge in [-0.2, -0.15) is 0 Å². The highest BCUT2D eigenvalue weighted by Crippen LogP contribution is 2.34. The van der Waals surface area contributed by atoms with Crippen molar-refractivity contribution >= 4 is 11.8 Å². The zero-order valence-electron chi connectivity index (χ0n) is 10.9. The fourth-order valence-electron chi connectivity index (χ4n) is 1.70. The number of hydrogen-bond acceptors (Lipinski definition) is 3. The number of unbranched alkanes of at least 4 members (excludes halogenated alkanes) is 1. The Morgan fingerprint density at radius 1 is 0.895 bits per heavy atom. The third kappa shape index (κ3) is 4.62. The minimum atomic E-state index is 0.726. The number of nitrogens with two attached hydrogens (primary N) is 1. The lowest BCUT2D eigenvalue weighted by atomic mass is 10.3. The molecule has 2 rings (SSSR count). The molecule has 2 aromatic carbocycles. The highest BCUT2D eigenvalue weighted by molar-refractivity contribution is 7.99. The zero-order valence-corrected chi connectivity index (χ0v) is 11.7. The number of para-hydroxylation sites is 1. The lowest BCUT2D eigenvalue weighted by Gasteiger charge is -2.10. The first-order valence-corrected chi connectivity index (χ1v) is 7.36. The summed E-state index contributed by atoms with van der Waals surface area (Å²) in [6.07, 6.45) is 2.01. The van der Waals surface area contributed by atoms with Crippen molar-refractivity contribution in [2.24, 2.45) is 5.73 Å². The van der Waals surface area contributed by atoms with E-state index in [9.17, 15) is 0 Å². The van der Waals surface area contributed by atoms with E-state index in [1.54, 1.807) is 11.8 Å². The molecule has 0 spiro atoms. The Bertz CT molecular complexity index is 487. The standard InChI is InChI=1S/C16H19NOS/c17-12-6-7-13-18-15-10-4-5-11-16(15)19-14-8-2-1-3-9-14/h1-5,8-11H,6-7,12-13,17H2. The molecule has 2 nitrogen and oxygen atoms in total. The predicted octanol–water partition coefficient (Wildman–Crippen LogP) is 3.96. The normalized spacial score (nSPS) is 10.4. The maximum Gasteiger partial charge on any atom is 0.133 e. The van der Waals surface area contributed by atoms with Gasteiger partial charge in [0.2, 0.25) is 0 Å². The summed E-state index contributed by atoms with van der Waals surface area (Å²) >= 11 is 1.73. The molecule has 100 valence electrons. The minimum Gasteiger partial charge on any atom is -0.492 e. The molecule has 0 saturated heterocycles. The topological polar surface area (TPSA) is 35.2 Å². The van der Waals surface area contributed by atoms with E-state index in [1.807, 2.05) is 36.4 Å². The van der Waals surface area contributed by atoms with Crippen LogP contribution in [0.5, 0.6) is 5.75 Å². The first kappa shape index (κ1) is 14.0. The molecule has 0 amide bonds. The second-order valence-electron chi connectivity index (χ2n) is 4.21. The Kier molecular flexibility index (Phi) is 5.79. The van der Waals surface area contributed by atoms with Crippen molar-refractivity contribution < 1.29 is 4.74 Å². The van der Waals surface area contributed by atoms with Crippen molar-refractivity contribution in [3.8, 4) is 5.75 Å². The average molecular weight is 273 g/mol. The van der Waals surface area contributed by atoms with Gasteiger partial charge in [-0.25, -0.2) is 0 Å². The van der Waals surface area contributed by atoms with Crippen LogP contribution >= 0.6 is 11.8 Å². The Labute approximate surface area is 119 Å². The van der Waals surface area contributed by atoms with Crippen LogP contribution in [0.1, 0.15) is 12.8 Å². The summed E-state index contributed by atoms with van der Waals surface area (Å²) in [5.74, 6) is 0.952. The SMILES string of the molecule is NCCCCOc1ccccc1Sc1ccccc1. The maximum absolute atomic E-state index is 5.84. The molecule has 0 aromatic heterocycles. The molecule has 0 fully saturated rings. The summed E-state index contributed by atoms with van der Waals surface area (Å²) in [5, 5.41) is 0. The van der Waals surface area contributed by atoms with Gasteiger partial charge in [0.05, 0.1) is 11.5 Å². The van der Waals surface area contributed by atoms with Gasteiger partial charge in [-0.3, -0.25) is 0 Å². The molecule has 0 atom stereocenters. The Morgan fingerprint density at radius 2 is 1.63 bits per heavy atom. The largest absolute Gasteiger partial charge is 0.492 e. The second-order valence-corrected chi connectivity index (χ2v) is 5.32. The van der Waals surface area contributed by atoms with Crippen molar-refractivity contribution in [1.82, 2.24) is 0 Å². The van der Waals surface area contributed by atoms with Gasteiger partial charge >= 0.3 is 0 Å². The fourth-order valence-corrected chi connectivity index (χ4v) is 2.62. The fraction of sp³-hybridized carbons (Fsp3) is 0.250. The van der Waals surface area contributed by atoms with Gasteiger partial charge in [0.25, 0.3) is 0 Å². The number of hydrogen-bond donors (Lipinski definition) is 1. The van der Waals surface area contributed by atoms with Crippen LogP contribution in [0.4, 0.5) is 0 Å². The number of ether oxygens (including phenoxy) is 1. The first-order valence-electron chi connectivity index (χ1n) is 6.55. The molecule has 0 saturated carbocycles. The molecule has 19 heavy (non-hydrogen) atoms. The van der Waals surface area contributed by atoms with Crippen LogP contribution in [0.15, 0.2) is 64.4 Å². The van der Waals surface area contributed by atoms with E-state index in [2.05, 4.69) is 18.2 Å². The molecule has 3 heteroatoms. The van der Waals surface area contributed by atoms with Gasteiger partial charge in [0.15, 0.2) is 0 Å².